The van der Waals surface area contributed by atoms with Crippen molar-refractivity contribution in [1.29, 1.82) is 0 Å². The van der Waals surface area contributed by atoms with E-state index in [0.717, 1.165) is 0 Å². The Hall–Kier alpha value is 1.38. The average Bonchev–Trinajstić information content (AvgIpc) is 1.87. The van der Waals surface area contributed by atoms with Gasteiger partial charge < -0.3 is 9.05 Å². The standard InChI is InChI=1S/C6H15O3P.ClH.Hg/c1-5(2)8-10(7)9-6(3)4;;/h5-6,10H,1-4H3;1H;/q;;+1/p-1. The average molecular weight is 402 g/mol. The van der Waals surface area contributed by atoms with Crippen molar-refractivity contribution in [3.05, 3.63) is 0 Å². The number of hydrogen-bond acceptors (Lipinski definition) is 3. The summed E-state index contributed by atoms with van der Waals surface area (Å²) in [5, 5.41) is 0. The second kappa shape index (κ2) is 10.5. The van der Waals surface area contributed by atoms with Crippen LogP contribution in [0.3, 0.4) is 0 Å². The monoisotopic (exact) mass is 403 g/mol. The molecule has 0 aromatic carbocycles. The Morgan fingerprint density at radius 3 is 1.50 bits per heavy atom. The summed E-state index contributed by atoms with van der Waals surface area (Å²) in [6.45, 7) is 7.30. The van der Waals surface area contributed by atoms with Crippen LogP contribution < -0.4 is 0 Å². The van der Waals surface area contributed by atoms with E-state index in [1.54, 1.807) is 0 Å². The van der Waals surface area contributed by atoms with Gasteiger partial charge in [0, 0.05) is 0 Å². The van der Waals surface area contributed by atoms with Gasteiger partial charge in [0.1, 0.15) is 0 Å². The zero-order valence-corrected chi connectivity index (χ0v) is 15.2. The van der Waals surface area contributed by atoms with Crippen molar-refractivity contribution >= 4 is 16.5 Å². The third kappa shape index (κ3) is 13.9. The second-order valence-corrected chi connectivity index (χ2v) is 3.55. The van der Waals surface area contributed by atoms with Gasteiger partial charge in [0.15, 0.2) is 0 Å². The van der Waals surface area contributed by atoms with E-state index in [2.05, 4.69) is 0 Å². The van der Waals surface area contributed by atoms with Crippen LogP contribution in [0.1, 0.15) is 27.7 Å². The van der Waals surface area contributed by atoms with Crippen LogP contribution in [0.4, 0.5) is 0 Å². The van der Waals surface area contributed by atoms with Gasteiger partial charge in [-0.05, 0) is 27.7 Å². The molecule has 0 amide bonds. The first-order valence-corrected chi connectivity index (χ1v) is 11.7. The van der Waals surface area contributed by atoms with Crippen molar-refractivity contribution in [2.45, 2.75) is 39.9 Å². The number of halogens is 1. The minimum atomic E-state index is -2.24. The molecule has 0 aliphatic rings. The van der Waals surface area contributed by atoms with Gasteiger partial charge in [-0.1, -0.05) is 0 Å². The van der Waals surface area contributed by atoms with Crippen LogP contribution in [0, 0.1) is 0 Å². The van der Waals surface area contributed by atoms with Gasteiger partial charge in [-0.15, -0.1) is 0 Å². The minimum absolute atomic E-state index is 0.0230. The molecule has 0 aromatic heterocycles. The van der Waals surface area contributed by atoms with Crippen molar-refractivity contribution in [2.75, 3.05) is 0 Å². The molecule has 0 bridgehead atoms. The van der Waals surface area contributed by atoms with Gasteiger partial charge in [-0.3, -0.25) is 4.57 Å². The maximum absolute atomic E-state index is 10.8. The molecule has 0 atom stereocenters. The van der Waals surface area contributed by atoms with Crippen LogP contribution in [0.5, 0.6) is 0 Å². The molecule has 0 saturated carbocycles. The molecular weight excluding hydrogens is 387 g/mol. The van der Waals surface area contributed by atoms with Gasteiger partial charge in [0.25, 0.3) is 0 Å². The van der Waals surface area contributed by atoms with E-state index >= 15 is 0 Å². The number of hydrogen-bond donors (Lipinski definition) is 0. The molecule has 0 saturated heterocycles. The van der Waals surface area contributed by atoms with Crippen LogP contribution in [0.25, 0.3) is 0 Å². The summed E-state index contributed by atoms with van der Waals surface area (Å²) in [6.07, 6.45) is -0.0460. The Balaban J connectivity index is 0. The van der Waals surface area contributed by atoms with E-state index in [9.17, 15) is 4.57 Å². The molecule has 0 aliphatic heterocycles. The van der Waals surface area contributed by atoms with Crippen molar-refractivity contribution < 1.29 is 38.5 Å². The maximum atomic E-state index is 10.8. The van der Waals surface area contributed by atoms with E-state index in [1.807, 2.05) is 27.7 Å². The first-order valence-electron chi connectivity index (χ1n) is 3.66. The molecule has 71 valence electrons. The third-order valence-electron chi connectivity index (χ3n) is 0.664. The van der Waals surface area contributed by atoms with E-state index in [4.69, 9.17) is 17.3 Å². The van der Waals surface area contributed by atoms with Crippen LogP contribution in [-0.2, 0) is 38.5 Å². The molecule has 0 heterocycles. The SMILES string of the molecule is CC(C)O[PH](=O)OC(C)C.[Cl][Hg]. The Bertz CT molecular complexity index is 109. The van der Waals surface area contributed by atoms with E-state index < -0.39 is 8.25 Å². The van der Waals surface area contributed by atoms with Crippen LogP contribution in [-0.4, -0.2) is 12.2 Å². The molecule has 0 aromatic rings. The first kappa shape index (κ1) is 15.8. The Labute approximate surface area is 94.5 Å². The molecule has 0 spiro atoms. The van der Waals surface area contributed by atoms with Gasteiger partial charge >= 0.3 is 41.4 Å². The van der Waals surface area contributed by atoms with Crippen LogP contribution in [0.2, 0.25) is 0 Å². The fourth-order valence-electron chi connectivity index (χ4n) is 0.413. The Morgan fingerprint density at radius 1 is 1.08 bits per heavy atom. The Morgan fingerprint density at radius 2 is 1.33 bits per heavy atom. The molecule has 0 N–H and O–H groups in total. The molecule has 0 radical (unpaired) electrons. The van der Waals surface area contributed by atoms with Gasteiger partial charge in [-0.25, -0.2) is 0 Å². The summed E-state index contributed by atoms with van der Waals surface area (Å²) in [7, 11) is 2.59. The van der Waals surface area contributed by atoms with E-state index in [0.29, 0.717) is 24.9 Å². The topological polar surface area (TPSA) is 35.5 Å². The Kier molecular flexibility index (Phi) is 13.8. The third-order valence-corrected chi connectivity index (χ3v) is 1.99. The number of rotatable bonds is 4. The molecule has 6 heteroatoms. The van der Waals surface area contributed by atoms with E-state index in [-0.39, 0.29) is 12.2 Å². The molecular formula is C6H15ClHgO3P. The molecule has 0 unspecified atom stereocenters. The van der Waals surface area contributed by atoms with Crippen molar-refractivity contribution in [3.8, 4) is 0 Å². The van der Waals surface area contributed by atoms with Crippen molar-refractivity contribution in [2.24, 2.45) is 0 Å². The van der Waals surface area contributed by atoms with Crippen LogP contribution >= 0.6 is 16.5 Å². The predicted octanol–water partition coefficient (Wildman–Crippen LogP) is 2.91. The summed E-state index contributed by atoms with van der Waals surface area (Å²) in [4.78, 5) is 0. The summed E-state index contributed by atoms with van der Waals surface area (Å²) in [6, 6.07) is 0. The normalized spacial score (nSPS) is 10.5. The van der Waals surface area contributed by atoms with Gasteiger partial charge in [-0.2, -0.15) is 0 Å². The zero-order valence-electron chi connectivity index (χ0n) is 7.96. The van der Waals surface area contributed by atoms with Crippen LogP contribution in [0.15, 0.2) is 0 Å². The summed E-state index contributed by atoms with van der Waals surface area (Å²) >= 11 is 0.500. The summed E-state index contributed by atoms with van der Waals surface area (Å²) in [5.41, 5.74) is 0. The second-order valence-electron chi connectivity index (χ2n) is 2.58. The fraction of sp³-hybridized carbons (Fsp3) is 1.00. The molecule has 0 rings (SSSR count). The molecule has 0 aliphatic carbocycles. The van der Waals surface area contributed by atoms with Gasteiger partial charge in [0.2, 0.25) is 0 Å². The molecule has 3 nitrogen and oxygen atoms in total. The predicted molar refractivity (Wildman–Crippen MR) is 47.3 cm³/mol. The quantitative estimate of drug-likeness (QED) is 0.536. The zero-order chi connectivity index (χ0) is 10.1. The van der Waals surface area contributed by atoms with E-state index in [1.165, 1.54) is 0 Å². The fourth-order valence-corrected chi connectivity index (χ4v) is 1.24. The van der Waals surface area contributed by atoms with Crippen molar-refractivity contribution in [1.82, 2.24) is 0 Å². The molecule has 12 heavy (non-hydrogen) atoms. The summed E-state index contributed by atoms with van der Waals surface area (Å²) in [5.74, 6) is 0. The summed E-state index contributed by atoms with van der Waals surface area (Å²) < 4.78 is 20.6. The first-order chi connectivity index (χ1) is 5.52. The van der Waals surface area contributed by atoms with Gasteiger partial charge in [0.05, 0.1) is 12.2 Å². The molecule has 0 fully saturated rings. The van der Waals surface area contributed by atoms with Crippen molar-refractivity contribution in [3.63, 3.8) is 0 Å².